The molecule has 0 atom stereocenters. The van der Waals surface area contributed by atoms with Crippen molar-refractivity contribution in [1.82, 2.24) is 4.90 Å². The Balaban J connectivity index is 0.000000791. The van der Waals surface area contributed by atoms with Crippen molar-refractivity contribution in [3.63, 3.8) is 0 Å². The Morgan fingerprint density at radius 2 is 1.93 bits per heavy atom. The standard InChI is InChI=1S/C8H16N2O2.C2H6/c1-12-8(11)10-4-2-7(6-9)3-5-10;1-2/h7H,2-6,9H2,1H3;1-2H3. The van der Waals surface area contributed by atoms with Crippen molar-refractivity contribution in [3.05, 3.63) is 0 Å². The molecule has 1 aliphatic rings. The summed E-state index contributed by atoms with van der Waals surface area (Å²) in [7, 11) is 1.41. The molecule has 14 heavy (non-hydrogen) atoms. The Morgan fingerprint density at radius 3 is 2.29 bits per heavy atom. The van der Waals surface area contributed by atoms with Crippen LogP contribution in [0.4, 0.5) is 4.79 Å². The van der Waals surface area contributed by atoms with Gasteiger partial charge in [-0.1, -0.05) is 13.8 Å². The van der Waals surface area contributed by atoms with Gasteiger partial charge in [0.2, 0.25) is 0 Å². The molecule has 84 valence electrons. The van der Waals surface area contributed by atoms with Crippen LogP contribution >= 0.6 is 0 Å². The van der Waals surface area contributed by atoms with Gasteiger partial charge in [-0.05, 0) is 25.3 Å². The lowest BCUT2D eigenvalue weighted by molar-refractivity contribution is 0.107. The highest BCUT2D eigenvalue weighted by Gasteiger charge is 2.21. The van der Waals surface area contributed by atoms with E-state index in [0.29, 0.717) is 5.92 Å². The van der Waals surface area contributed by atoms with E-state index in [1.807, 2.05) is 13.8 Å². The van der Waals surface area contributed by atoms with E-state index in [9.17, 15) is 4.79 Å². The molecule has 4 nitrogen and oxygen atoms in total. The highest BCUT2D eigenvalue weighted by molar-refractivity contribution is 5.67. The van der Waals surface area contributed by atoms with Gasteiger partial charge in [-0.25, -0.2) is 4.79 Å². The monoisotopic (exact) mass is 202 g/mol. The lowest BCUT2D eigenvalue weighted by Crippen LogP contribution is -2.39. The average molecular weight is 202 g/mol. The molecule has 1 amide bonds. The molecule has 1 aliphatic heterocycles. The van der Waals surface area contributed by atoms with E-state index < -0.39 is 0 Å². The number of carbonyl (C=O) groups is 1. The molecule has 0 saturated carbocycles. The van der Waals surface area contributed by atoms with Gasteiger partial charge in [0, 0.05) is 13.1 Å². The molecule has 1 fully saturated rings. The number of amides is 1. The summed E-state index contributed by atoms with van der Waals surface area (Å²) in [4.78, 5) is 12.8. The molecular weight excluding hydrogens is 180 g/mol. The second-order valence-corrected chi connectivity index (χ2v) is 3.14. The maximum Gasteiger partial charge on any atom is 0.409 e. The minimum atomic E-state index is -0.217. The van der Waals surface area contributed by atoms with Gasteiger partial charge in [0.1, 0.15) is 0 Å². The minimum absolute atomic E-state index is 0.217. The van der Waals surface area contributed by atoms with Gasteiger partial charge < -0.3 is 15.4 Å². The Labute approximate surface area is 86.4 Å². The zero-order chi connectivity index (χ0) is 11.0. The molecule has 2 N–H and O–H groups in total. The quantitative estimate of drug-likeness (QED) is 0.700. The average Bonchev–Trinajstić information content (AvgIpc) is 2.31. The number of methoxy groups -OCH3 is 1. The first-order chi connectivity index (χ1) is 6.77. The first kappa shape index (κ1) is 13.2. The third kappa shape index (κ3) is 3.96. The second-order valence-electron chi connectivity index (χ2n) is 3.14. The number of ether oxygens (including phenoxy) is 1. The Hall–Kier alpha value is -0.770. The number of carbonyl (C=O) groups excluding carboxylic acids is 1. The van der Waals surface area contributed by atoms with Gasteiger partial charge in [0.05, 0.1) is 7.11 Å². The Morgan fingerprint density at radius 1 is 1.43 bits per heavy atom. The maximum atomic E-state index is 11.0. The van der Waals surface area contributed by atoms with Crippen LogP contribution in [-0.2, 0) is 4.74 Å². The molecule has 0 unspecified atom stereocenters. The van der Waals surface area contributed by atoms with Crippen molar-refractivity contribution < 1.29 is 9.53 Å². The molecule has 0 aromatic rings. The SMILES string of the molecule is CC.COC(=O)N1CCC(CN)CC1. The molecule has 1 heterocycles. The first-order valence-corrected chi connectivity index (χ1v) is 5.31. The van der Waals surface area contributed by atoms with Gasteiger partial charge in [0.15, 0.2) is 0 Å². The van der Waals surface area contributed by atoms with E-state index in [-0.39, 0.29) is 6.09 Å². The van der Waals surface area contributed by atoms with Gasteiger partial charge in [-0.3, -0.25) is 0 Å². The maximum absolute atomic E-state index is 11.0. The van der Waals surface area contributed by atoms with Crippen molar-refractivity contribution in [2.24, 2.45) is 11.7 Å². The van der Waals surface area contributed by atoms with Crippen molar-refractivity contribution in [3.8, 4) is 0 Å². The molecule has 0 bridgehead atoms. The number of likely N-dealkylation sites (tertiary alicyclic amines) is 1. The van der Waals surface area contributed by atoms with Crippen LogP contribution in [0.15, 0.2) is 0 Å². The van der Waals surface area contributed by atoms with Crippen LogP contribution < -0.4 is 5.73 Å². The summed E-state index contributed by atoms with van der Waals surface area (Å²) in [5, 5.41) is 0. The van der Waals surface area contributed by atoms with E-state index in [0.717, 1.165) is 32.5 Å². The zero-order valence-electron chi connectivity index (χ0n) is 9.45. The number of nitrogens with two attached hydrogens (primary N) is 1. The van der Waals surface area contributed by atoms with E-state index >= 15 is 0 Å². The Kier molecular flexibility index (Phi) is 7.20. The highest BCUT2D eigenvalue weighted by atomic mass is 16.5. The van der Waals surface area contributed by atoms with Gasteiger partial charge in [0.25, 0.3) is 0 Å². The summed E-state index contributed by atoms with van der Waals surface area (Å²) in [6.45, 7) is 6.30. The van der Waals surface area contributed by atoms with E-state index in [2.05, 4.69) is 4.74 Å². The summed E-state index contributed by atoms with van der Waals surface area (Å²) in [6, 6.07) is 0. The van der Waals surface area contributed by atoms with E-state index in [1.54, 1.807) is 4.90 Å². The first-order valence-electron chi connectivity index (χ1n) is 5.31. The number of rotatable bonds is 1. The molecule has 0 aliphatic carbocycles. The fraction of sp³-hybridized carbons (Fsp3) is 0.900. The highest BCUT2D eigenvalue weighted by Crippen LogP contribution is 2.15. The smallest absolute Gasteiger partial charge is 0.409 e. The third-order valence-corrected chi connectivity index (χ3v) is 2.38. The van der Waals surface area contributed by atoms with E-state index in [1.165, 1.54) is 7.11 Å². The fourth-order valence-electron chi connectivity index (χ4n) is 1.48. The molecular formula is C10H22N2O2. The van der Waals surface area contributed by atoms with Crippen LogP contribution in [0.5, 0.6) is 0 Å². The lowest BCUT2D eigenvalue weighted by atomic mass is 9.97. The van der Waals surface area contributed by atoms with Gasteiger partial charge in [-0.2, -0.15) is 0 Å². The molecule has 0 aromatic carbocycles. The summed E-state index contributed by atoms with van der Waals surface area (Å²) < 4.78 is 4.61. The van der Waals surface area contributed by atoms with Crippen LogP contribution in [0.1, 0.15) is 26.7 Å². The second kappa shape index (κ2) is 7.62. The van der Waals surface area contributed by atoms with Gasteiger partial charge >= 0.3 is 6.09 Å². The number of hydrogen-bond donors (Lipinski definition) is 1. The summed E-state index contributed by atoms with van der Waals surface area (Å²) in [5.41, 5.74) is 5.52. The number of piperidine rings is 1. The predicted octanol–water partition coefficient (Wildman–Crippen LogP) is 1.45. The molecule has 0 aromatic heterocycles. The van der Waals surface area contributed by atoms with Crippen molar-refractivity contribution in [2.45, 2.75) is 26.7 Å². The number of hydrogen-bond acceptors (Lipinski definition) is 3. The minimum Gasteiger partial charge on any atom is -0.453 e. The summed E-state index contributed by atoms with van der Waals surface area (Å²) >= 11 is 0. The molecule has 0 radical (unpaired) electrons. The normalized spacial score (nSPS) is 17.0. The van der Waals surface area contributed by atoms with Crippen LogP contribution in [-0.4, -0.2) is 37.7 Å². The molecule has 1 rings (SSSR count). The fourth-order valence-corrected chi connectivity index (χ4v) is 1.48. The van der Waals surface area contributed by atoms with Crippen molar-refractivity contribution >= 4 is 6.09 Å². The zero-order valence-corrected chi connectivity index (χ0v) is 9.45. The van der Waals surface area contributed by atoms with Crippen molar-refractivity contribution in [1.29, 1.82) is 0 Å². The van der Waals surface area contributed by atoms with Crippen LogP contribution in [0, 0.1) is 5.92 Å². The van der Waals surface area contributed by atoms with Gasteiger partial charge in [-0.15, -0.1) is 0 Å². The number of nitrogens with zero attached hydrogens (tertiary/aromatic N) is 1. The lowest BCUT2D eigenvalue weighted by Gasteiger charge is -2.30. The molecule has 4 heteroatoms. The van der Waals surface area contributed by atoms with E-state index in [4.69, 9.17) is 5.73 Å². The van der Waals surface area contributed by atoms with Crippen LogP contribution in [0.2, 0.25) is 0 Å². The summed E-state index contributed by atoms with van der Waals surface area (Å²) in [6.07, 6.45) is 1.79. The molecule has 0 spiro atoms. The Bertz CT molecular complexity index is 154. The predicted molar refractivity (Wildman–Crippen MR) is 57.1 cm³/mol. The van der Waals surface area contributed by atoms with Crippen LogP contribution in [0.25, 0.3) is 0 Å². The summed E-state index contributed by atoms with van der Waals surface area (Å²) in [5.74, 6) is 0.589. The van der Waals surface area contributed by atoms with Crippen LogP contribution in [0.3, 0.4) is 0 Å². The molecule has 1 saturated heterocycles. The third-order valence-electron chi connectivity index (χ3n) is 2.38. The van der Waals surface area contributed by atoms with Crippen molar-refractivity contribution in [2.75, 3.05) is 26.7 Å². The topological polar surface area (TPSA) is 55.6 Å². The largest absolute Gasteiger partial charge is 0.453 e.